The van der Waals surface area contributed by atoms with Gasteiger partial charge in [-0.3, -0.25) is 4.79 Å². The minimum atomic E-state index is 0.407. The Labute approximate surface area is 67.6 Å². The van der Waals surface area contributed by atoms with Gasteiger partial charge in [0.15, 0.2) is 0 Å². The van der Waals surface area contributed by atoms with E-state index in [1.54, 1.807) is 0 Å². The van der Waals surface area contributed by atoms with E-state index in [-0.39, 0.29) is 0 Å². The minimum Gasteiger partial charge on any atom is -0.343 e. The lowest BCUT2D eigenvalue weighted by atomic mass is 9.95. The van der Waals surface area contributed by atoms with E-state index in [4.69, 9.17) is 0 Å². The number of amides is 1. The predicted octanol–water partition coefficient (Wildman–Crippen LogP) is 1.41. The molecule has 2 bridgehead atoms. The van der Waals surface area contributed by atoms with E-state index in [1.165, 1.54) is 25.7 Å². The third-order valence-electron chi connectivity index (χ3n) is 2.90. The van der Waals surface area contributed by atoms with Crippen molar-refractivity contribution < 1.29 is 4.79 Å². The summed E-state index contributed by atoms with van der Waals surface area (Å²) in [6.45, 7) is 2.05. The zero-order valence-corrected chi connectivity index (χ0v) is 6.88. The molecular weight excluding hydrogens is 138 g/mol. The van der Waals surface area contributed by atoms with Crippen molar-refractivity contribution in [1.29, 1.82) is 0 Å². The maximum absolute atomic E-state index is 11.4. The molecule has 2 saturated heterocycles. The molecule has 2 nitrogen and oxygen atoms in total. The fourth-order valence-corrected chi connectivity index (χ4v) is 2.23. The van der Waals surface area contributed by atoms with Gasteiger partial charge in [0.2, 0.25) is 5.91 Å². The Morgan fingerprint density at radius 1 is 1.18 bits per heavy atom. The van der Waals surface area contributed by atoms with Crippen LogP contribution in [0.5, 0.6) is 0 Å². The second kappa shape index (κ2) is 2.84. The summed E-state index contributed by atoms with van der Waals surface area (Å²) in [6, 6.07) is 0. The van der Waals surface area contributed by atoms with Crippen LogP contribution in [0.1, 0.15) is 32.1 Å². The highest BCUT2D eigenvalue weighted by molar-refractivity contribution is 5.76. The van der Waals surface area contributed by atoms with Crippen molar-refractivity contribution in [3.05, 3.63) is 0 Å². The number of rotatable bonds is 0. The fraction of sp³-hybridized carbons (Fsp3) is 0.889. The van der Waals surface area contributed by atoms with Gasteiger partial charge in [0.05, 0.1) is 0 Å². The lowest BCUT2D eigenvalue weighted by Crippen LogP contribution is -2.30. The summed E-state index contributed by atoms with van der Waals surface area (Å²) in [5.74, 6) is 1.13. The summed E-state index contributed by atoms with van der Waals surface area (Å²) in [4.78, 5) is 13.5. The van der Waals surface area contributed by atoms with Crippen LogP contribution >= 0.6 is 0 Å². The van der Waals surface area contributed by atoms with E-state index in [9.17, 15) is 4.79 Å². The lowest BCUT2D eigenvalue weighted by molar-refractivity contribution is -0.130. The van der Waals surface area contributed by atoms with Gasteiger partial charge >= 0.3 is 0 Å². The van der Waals surface area contributed by atoms with Crippen molar-refractivity contribution in [2.75, 3.05) is 13.1 Å². The van der Waals surface area contributed by atoms with Crippen molar-refractivity contribution in [2.24, 2.45) is 5.92 Å². The van der Waals surface area contributed by atoms with E-state index in [0.717, 1.165) is 25.4 Å². The number of hydrogen-bond donors (Lipinski definition) is 0. The molecule has 0 aliphatic carbocycles. The first-order valence-electron chi connectivity index (χ1n) is 4.64. The van der Waals surface area contributed by atoms with Crippen LogP contribution in [0.15, 0.2) is 0 Å². The lowest BCUT2D eigenvalue weighted by Gasteiger charge is -2.19. The second-order valence-electron chi connectivity index (χ2n) is 3.74. The Balaban J connectivity index is 2.14. The van der Waals surface area contributed by atoms with Gasteiger partial charge in [0, 0.05) is 19.5 Å². The summed E-state index contributed by atoms with van der Waals surface area (Å²) in [6.07, 6.45) is 5.86. The average molecular weight is 153 g/mol. The van der Waals surface area contributed by atoms with Gasteiger partial charge in [-0.05, 0) is 31.6 Å². The number of nitrogens with zero attached hydrogens (tertiary/aromatic N) is 1. The summed E-state index contributed by atoms with van der Waals surface area (Å²) in [7, 11) is 0. The van der Waals surface area contributed by atoms with Crippen molar-refractivity contribution in [3.8, 4) is 0 Å². The Bertz CT molecular complexity index is 157. The molecule has 0 radical (unpaired) electrons. The van der Waals surface area contributed by atoms with Crippen LogP contribution in [-0.2, 0) is 4.79 Å². The van der Waals surface area contributed by atoms with Crippen LogP contribution in [0.2, 0.25) is 0 Å². The van der Waals surface area contributed by atoms with Gasteiger partial charge in [0.1, 0.15) is 0 Å². The Morgan fingerprint density at radius 2 is 1.82 bits per heavy atom. The monoisotopic (exact) mass is 153 g/mol. The highest BCUT2D eigenvalue weighted by Gasteiger charge is 2.26. The highest BCUT2D eigenvalue weighted by Crippen LogP contribution is 2.26. The Morgan fingerprint density at radius 3 is 2.45 bits per heavy atom. The molecule has 2 heteroatoms. The maximum atomic E-state index is 11.4. The van der Waals surface area contributed by atoms with Crippen LogP contribution < -0.4 is 0 Å². The van der Waals surface area contributed by atoms with Gasteiger partial charge in [-0.2, -0.15) is 0 Å². The van der Waals surface area contributed by atoms with Crippen molar-refractivity contribution >= 4 is 5.91 Å². The first-order valence-corrected chi connectivity index (χ1v) is 4.64. The molecule has 62 valence electrons. The predicted molar refractivity (Wildman–Crippen MR) is 43.2 cm³/mol. The largest absolute Gasteiger partial charge is 0.343 e. The maximum Gasteiger partial charge on any atom is 0.222 e. The molecule has 0 atom stereocenters. The van der Waals surface area contributed by atoms with Crippen molar-refractivity contribution in [1.82, 2.24) is 4.90 Å². The topological polar surface area (TPSA) is 20.3 Å². The number of fused-ring (bicyclic) bond motifs is 3. The Kier molecular flexibility index (Phi) is 1.84. The van der Waals surface area contributed by atoms with E-state index >= 15 is 0 Å². The van der Waals surface area contributed by atoms with Gasteiger partial charge in [-0.15, -0.1) is 0 Å². The van der Waals surface area contributed by atoms with Crippen LogP contribution in [0, 0.1) is 5.92 Å². The van der Waals surface area contributed by atoms with Gasteiger partial charge in [-0.1, -0.05) is 0 Å². The number of hydrogen-bond acceptors (Lipinski definition) is 1. The second-order valence-corrected chi connectivity index (χ2v) is 3.74. The van der Waals surface area contributed by atoms with Gasteiger partial charge in [0.25, 0.3) is 0 Å². The van der Waals surface area contributed by atoms with E-state index < -0.39 is 0 Å². The van der Waals surface area contributed by atoms with Crippen molar-refractivity contribution in [3.63, 3.8) is 0 Å². The molecule has 0 aromatic heterocycles. The smallest absolute Gasteiger partial charge is 0.222 e. The van der Waals surface area contributed by atoms with E-state index in [0.29, 0.717) is 5.91 Å². The number of carbonyl (C=O) groups excluding carboxylic acids is 1. The van der Waals surface area contributed by atoms with Gasteiger partial charge in [-0.25, -0.2) is 0 Å². The fourth-order valence-electron chi connectivity index (χ4n) is 2.23. The summed E-state index contributed by atoms with van der Waals surface area (Å²) in [5, 5.41) is 0. The average Bonchev–Trinajstić information content (AvgIpc) is 2.16. The molecule has 0 saturated carbocycles. The van der Waals surface area contributed by atoms with Crippen LogP contribution in [0.25, 0.3) is 0 Å². The third-order valence-corrected chi connectivity index (χ3v) is 2.90. The van der Waals surface area contributed by atoms with E-state index in [2.05, 4.69) is 0 Å². The molecule has 2 fully saturated rings. The Hall–Kier alpha value is -0.530. The minimum absolute atomic E-state index is 0.407. The molecular formula is C9H15NO. The molecule has 0 N–H and O–H groups in total. The summed E-state index contributed by atoms with van der Waals surface area (Å²) >= 11 is 0. The number of carbonyl (C=O) groups is 1. The summed E-state index contributed by atoms with van der Waals surface area (Å²) in [5.41, 5.74) is 0. The molecule has 0 spiro atoms. The van der Waals surface area contributed by atoms with Crippen LogP contribution in [0.3, 0.4) is 0 Å². The molecule has 2 rings (SSSR count). The highest BCUT2D eigenvalue weighted by atomic mass is 16.2. The molecule has 0 unspecified atom stereocenters. The van der Waals surface area contributed by atoms with Crippen LogP contribution in [0.4, 0.5) is 0 Å². The molecule has 2 aliphatic rings. The summed E-state index contributed by atoms with van der Waals surface area (Å²) < 4.78 is 0. The van der Waals surface area contributed by atoms with Crippen LogP contribution in [-0.4, -0.2) is 23.9 Å². The molecule has 0 aromatic carbocycles. The SMILES string of the molecule is O=C1CC2CCCN1CCC2. The molecule has 2 heterocycles. The first kappa shape index (κ1) is 7.14. The zero-order valence-electron chi connectivity index (χ0n) is 6.88. The van der Waals surface area contributed by atoms with Crippen molar-refractivity contribution in [2.45, 2.75) is 32.1 Å². The molecule has 0 aromatic rings. The zero-order chi connectivity index (χ0) is 7.68. The first-order chi connectivity index (χ1) is 5.36. The molecule has 11 heavy (non-hydrogen) atoms. The van der Waals surface area contributed by atoms with Gasteiger partial charge < -0.3 is 4.90 Å². The molecule has 2 aliphatic heterocycles. The quantitative estimate of drug-likeness (QED) is 0.515. The normalized spacial score (nSPS) is 26.9. The van der Waals surface area contributed by atoms with E-state index in [1.807, 2.05) is 4.90 Å². The standard InChI is InChI=1S/C9H15NO/c11-9-7-8-3-1-5-10(9)6-2-4-8/h8H,1-7H2. The third kappa shape index (κ3) is 1.39. The molecule has 1 amide bonds.